The molecule has 0 saturated carbocycles. The molecule has 4 rings (SSSR count). The lowest BCUT2D eigenvalue weighted by Crippen LogP contribution is -2.52. The van der Waals surface area contributed by atoms with Crippen LogP contribution in [0.1, 0.15) is 44.2 Å². The summed E-state index contributed by atoms with van der Waals surface area (Å²) in [5, 5.41) is 3.78. The van der Waals surface area contributed by atoms with Crippen LogP contribution in [0.25, 0.3) is 0 Å². The topological polar surface area (TPSA) is 105 Å². The van der Waals surface area contributed by atoms with Crippen LogP contribution in [0.4, 0.5) is 5.69 Å². The average molecular weight is 663 g/mol. The molecule has 44 heavy (non-hydrogen) atoms. The number of hydrogen-bond acceptors (Lipinski definition) is 6. The number of carbonyl (C=O) groups is 2. The number of anilines is 1. The second-order valence-electron chi connectivity index (χ2n) is 10.7. The van der Waals surface area contributed by atoms with E-state index >= 15 is 0 Å². The maximum Gasteiger partial charge on any atom is 0.243 e. The van der Waals surface area contributed by atoms with Gasteiger partial charge in [0.2, 0.25) is 28.6 Å². The Morgan fingerprint density at radius 2 is 1.66 bits per heavy atom. The van der Waals surface area contributed by atoms with Gasteiger partial charge in [-0.25, -0.2) is 8.42 Å². The van der Waals surface area contributed by atoms with E-state index in [9.17, 15) is 18.0 Å². The molecular formula is C32H37Cl2N3O6S. The van der Waals surface area contributed by atoms with Crippen molar-refractivity contribution in [1.82, 2.24) is 10.2 Å². The van der Waals surface area contributed by atoms with Crippen molar-refractivity contribution >= 4 is 50.7 Å². The Balaban J connectivity index is 1.61. The van der Waals surface area contributed by atoms with Gasteiger partial charge in [0.1, 0.15) is 6.04 Å². The van der Waals surface area contributed by atoms with Crippen LogP contribution in [0.3, 0.4) is 0 Å². The van der Waals surface area contributed by atoms with Gasteiger partial charge in [0, 0.05) is 53.6 Å². The lowest BCUT2D eigenvalue weighted by Gasteiger charge is -2.33. The summed E-state index contributed by atoms with van der Waals surface area (Å²) in [5.41, 5.74) is 1.81. The van der Waals surface area contributed by atoms with E-state index in [0.717, 1.165) is 18.2 Å². The fourth-order valence-corrected chi connectivity index (χ4v) is 6.37. The quantitative estimate of drug-likeness (QED) is 0.233. The number of hydrogen-bond donors (Lipinski definition) is 1. The predicted octanol–water partition coefficient (Wildman–Crippen LogP) is 5.82. The van der Waals surface area contributed by atoms with Gasteiger partial charge in [-0.2, -0.15) is 0 Å². The highest BCUT2D eigenvalue weighted by molar-refractivity contribution is 7.92. The van der Waals surface area contributed by atoms with Gasteiger partial charge in [0.15, 0.2) is 11.5 Å². The van der Waals surface area contributed by atoms with Gasteiger partial charge in [0.25, 0.3) is 0 Å². The van der Waals surface area contributed by atoms with Crippen molar-refractivity contribution < 1.29 is 27.5 Å². The van der Waals surface area contributed by atoms with Crippen LogP contribution >= 0.6 is 23.2 Å². The van der Waals surface area contributed by atoms with Crippen LogP contribution in [0.2, 0.25) is 10.0 Å². The van der Waals surface area contributed by atoms with Gasteiger partial charge in [-0.3, -0.25) is 13.9 Å². The van der Waals surface area contributed by atoms with Crippen LogP contribution in [0.5, 0.6) is 11.5 Å². The number of fused-ring (bicyclic) bond motifs is 1. The normalized spacial score (nSPS) is 13.7. The summed E-state index contributed by atoms with van der Waals surface area (Å²) in [4.78, 5) is 29.3. The highest BCUT2D eigenvalue weighted by atomic mass is 35.5. The molecule has 1 N–H and O–H groups in total. The molecule has 3 aromatic carbocycles. The summed E-state index contributed by atoms with van der Waals surface area (Å²) < 4.78 is 37.5. The highest BCUT2D eigenvalue weighted by Gasteiger charge is 2.32. The number of nitrogens with zero attached hydrogens (tertiary/aromatic N) is 2. The number of ether oxygens (including phenoxy) is 2. The van der Waals surface area contributed by atoms with E-state index in [1.807, 2.05) is 44.2 Å². The number of halogens is 2. The first-order valence-corrected chi connectivity index (χ1v) is 17.0. The second-order valence-corrected chi connectivity index (χ2v) is 13.4. The van der Waals surface area contributed by atoms with E-state index in [2.05, 4.69) is 5.32 Å². The minimum absolute atomic E-state index is 0.000712. The molecule has 12 heteroatoms. The van der Waals surface area contributed by atoms with Crippen LogP contribution < -0.4 is 19.1 Å². The Bertz CT molecular complexity index is 1550. The predicted molar refractivity (Wildman–Crippen MR) is 173 cm³/mol. The average Bonchev–Trinajstić information content (AvgIpc) is 3.46. The largest absolute Gasteiger partial charge is 0.454 e. The molecule has 1 heterocycles. The van der Waals surface area contributed by atoms with E-state index in [-0.39, 0.29) is 57.0 Å². The zero-order valence-electron chi connectivity index (χ0n) is 25.0. The highest BCUT2D eigenvalue weighted by Crippen LogP contribution is 2.36. The number of nitrogens with one attached hydrogen (secondary N) is 1. The molecular weight excluding hydrogens is 625 g/mol. The van der Waals surface area contributed by atoms with Crippen LogP contribution in [0.15, 0.2) is 66.7 Å². The van der Waals surface area contributed by atoms with E-state index in [1.165, 1.54) is 9.21 Å². The minimum atomic E-state index is -3.69. The summed E-state index contributed by atoms with van der Waals surface area (Å²) >= 11 is 13.0. The Kier molecular flexibility index (Phi) is 11.4. The number of benzene rings is 3. The Morgan fingerprint density at radius 1 is 0.977 bits per heavy atom. The molecule has 0 saturated heterocycles. The molecule has 0 aliphatic carbocycles. The van der Waals surface area contributed by atoms with Crippen LogP contribution in [-0.2, 0) is 32.6 Å². The van der Waals surface area contributed by atoms with Crippen molar-refractivity contribution in [2.45, 2.75) is 58.2 Å². The lowest BCUT2D eigenvalue weighted by atomic mass is 10.0. The van der Waals surface area contributed by atoms with Crippen LogP contribution in [-0.4, -0.2) is 56.8 Å². The monoisotopic (exact) mass is 661 g/mol. The first kappa shape index (κ1) is 33.4. The van der Waals surface area contributed by atoms with Gasteiger partial charge in [-0.05, 0) is 49.6 Å². The van der Waals surface area contributed by atoms with Crippen molar-refractivity contribution in [2.24, 2.45) is 0 Å². The molecule has 0 aromatic heterocycles. The van der Waals surface area contributed by atoms with E-state index in [4.69, 9.17) is 32.7 Å². The number of rotatable bonds is 14. The van der Waals surface area contributed by atoms with Gasteiger partial charge in [-0.15, -0.1) is 0 Å². The molecule has 0 radical (unpaired) electrons. The van der Waals surface area contributed by atoms with Gasteiger partial charge in [0.05, 0.1) is 11.9 Å². The van der Waals surface area contributed by atoms with Crippen molar-refractivity contribution in [3.05, 3.63) is 87.9 Å². The van der Waals surface area contributed by atoms with E-state index < -0.39 is 16.1 Å². The molecule has 1 aliphatic rings. The third kappa shape index (κ3) is 8.58. The Hall–Kier alpha value is -3.47. The molecule has 0 fully saturated rings. The molecule has 1 aliphatic heterocycles. The summed E-state index contributed by atoms with van der Waals surface area (Å²) in [6, 6.07) is 18.5. The van der Waals surface area contributed by atoms with Crippen LogP contribution in [0, 0.1) is 0 Å². The van der Waals surface area contributed by atoms with E-state index in [1.54, 1.807) is 36.4 Å². The summed E-state index contributed by atoms with van der Waals surface area (Å²) in [6.07, 6.45) is 2.26. The summed E-state index contributed by atoms with van der Waals surface area (Å²) in [5.74, 6) is 0.357. The van der Waals surface area contributed by atoms with E-state index in [0.29, 0.717) is 32.8 Å². The van der Waals surface area contributed by atoms with Crippen molar-refractivity contribution in [3.63, 3.8) is 0 Å². The zero-order valence-corrected chi connectivity index (χ0v) is 27.3. The molecule has 236 valence electrons. The fraction of sp³-hybridized carbons (Fsp3) is 0.375. The van der Waals surface area contributed by atoms with Crippen molar-refractivity contribution in [2.75, 3.05) is 23.9 Å². The molecule has 3 aromatic rings. The molecule has 2 atom stereocenters. The van der Waals surface area contributed by atoms with Crippen molar-refractivity contribution in [3.8, 4) is 11.5 Å². The first-order valence-electron chi connectivity index (χ1n) is 14.4. The molecule has 9 nitrogen and oxygen atoms in total. The van der Waals surface area contributed by atoms with Gasteiger partial charge in [-0.1, -0.05) is 66.5 Å². The third-order valence-corrected chi connectivity index (χ3v) is 9.36. The van der Waals surface area contributed by atoms with Gasteiger partial charge >= 0.3 is 0 Å². The maximum atomic E-state index is 14.0. The number of amides is 2. The Labute approximate surface area is 269 Å². The molecule has 0 spiro atoms. The zero-order chi connectivity index (χ0) is 31.9. The smallest absolute Gasteiger partial charge is 0.243 e. The molecule has 0 unspecified atom stereocenters. The fourth-order valence-electron chi connectivity index (χ4n) is 4.89. The lowest BCUT2D eigenvalue weighted by molar-refractivity contribution is -0.141. The van der Waals surface area contributed by atoms with Gasteiger partial charge < -0.3 is 19.7 Å². The number of carbonyl (C=O) groups excluding carboxylic acids is 2. The minimum Gasteiger partial charge on any atom is -0.454 e. The summed E-state index contributed by atoms with van der Waals surface area (Å²) in [7, 11) is -3.69. The Morgan fingerprint density at radius 3 is 2.32 bits per heavy atom. The maximum absolute atomic E-state index is 14.0. The number of sulfonamides is 1. The standard InChI is InChI=1S/C32H37Cl2N3O6S/c1-4-22(2)35-32(39)28(18-23-10-6-5-7-11-23)36(20-25-26(33)12-8-13-27(25)34)31(38)14-9-17-37(44(3,40)41)24-15-16-29-30(19-24)43-21-42-29/h5-8,10-13,15-16,19,22,28H,4,9,14,17-18,20-21H2,1-3H3,(H,35,39)/t22-,28+/m1/s1. The molecule has 2 amide bonds. The third-order valence-electron chi connectivity index (χ3n) is 7.46. The SMILES string of the molecule is CC[C@@H](C)NC(=O)[C@H](Cc1ccccc1)N(Cc1c(Cl)cccc1Cl)C(=O)CCCN(c1ccc2c(c1)OCO2)S(C)(=O)=O. The second kappa shape index (κ2) is 15.0. The first-order chi connectivity index (χ1) is 21.0. The van der Waals surface area contributed by atoms with Crippen molar-refractivity contribution in [1.29, 1.82) is 0 Å². The molecule has 0 bridgehead atoms. The summed E-state index contributed by atoms with van der Waals surface area (Å²) in [6.45, 7) is 3.97.